The van der Waals surface area contributed by atoms with E-state index >= 15 is 0 Å². The second-order valence-electron chi connectivity index (χ2n) is 6.25. The van der Waals surface area contributed by atoms with E-state index in [2.05, 4.69) is 14.9 Å². The Labute approximate surface area is 136 Å². The highest BCUT2D eigenvalue weighted by molar-refractivity contribution is 7.91. The number of likely N-dealkylation sites (tertiary alicyclic amines) is 1. The molecule has 3 heterocycles. The van der Waals surface area contributed by atoms with Crippen LogP contribution in [0.25, 0.3) is 0 Å². The second-order valence-corrected chi connectivity index (χ2v) is 8.73. The first-order chi connectivity index (χ1) is 11.0. The monoisotopic (exact) mass is 341 g/mol. The van der Waals surface area contributed by atoms with Gasteiger partial charge in [-0.15, -0.1) is 0 Å². The van der Waals surface area contributed by atoms with Crippen molar-refractivity contribution in [1.29, 1.82) is 0 Å². The van der Waals surface area contributed by atoms with Crippen molar-refractivity contribution in [2.24, 2.45) is 0 Å². The van der Waals surface area contributed by atoms with Gasteiger partial charge >= 0.3 is 0 Å². The SMILES string of the molecule is CCS(=O)(=O)CCN1CC2(C[C@H](Oc3cnccn3)CCO2)C1. The molecule has 0 N–H and O–H groups in total. The van der Waals surface area contributed by atoms with E-state index in [-0.39, 0.29) is 23.2 Å². The van der Waals surface area contributed by atoms with Crippen molar-refractivity contribution < 1.29 is 17.9 Å². The van der Waals surface area contributed by atoms with Crippen LogP contribution in [0.15, 0.2) is 18.6 Å². The largest absolute Gasteiger partial charge is 0.473 e. The number of hydrogen-bond donors (Lipinski definition) is 0. The number of nitrogens with zero attached hydrogens (tertiary/aromatic N) is 3. The molecule has 1 spiro atoms. The number of aromatic nitrogens is 2. The van der Waals surface area contributed by atoms with E-state index in [1.165, 1.54) is 0 Å². The summed E-state index contributed by atoms with van der Waals surface area (Å²) in [4.78, 5) is 10.3. The Morgan fingerprint density at radius 2 is 2.26 bits per heavy atom. The predicted octanol–water partition coefficient (Wildman–Crippen LogP) is 0.524. The lowest BCUT2D eigenvalue weighted by atomic mass is 9.85. The van der Waals surface area contributed by atoms with Crippen LogP contribution in [0.2, 0.25) is 0 Å². The Morgan fingerprint density at radius 1 is 1.43 bits per heavy atom. The third kappa shape index (κ3) is 4.19. The Kier molecular flexibility index (Phi) is 4.84. The van der Waals surface area contributed by atoms with Gasteiger partial charge in [-0.2, -0.15) is 0 Å². The van der Waals surface area contributed by atoms with Gasteiger partial charge in [0, 0.05) is 50.6 Å². The van der Waals surface area contributed by atoms with Gasteiger partial charge in [0.25, 0.3) is 0 Å². The maximum atomic E-state index is 11.6. The molecule has 7 nitrogen and oxygen atoms in total. The average Bonchev–Trinajstić information content (AvgIpc) is 2.52. The minimum Gasteiger partial charge on any atom is -0.473 e. The van der Waals surface area contributed by atoms with E-state index < -0.39 is 9.84 Å². The fourth-order valence-corrected chi connectivity index (χ4v) is 3.99. The second kappa shape index (κ2) is 6.70. The molecule has 1 aromatic rings. The third-order valence-corrected chi connectivity index (χ3v) is 6.14. The van der Waals surface area contributed by atoms with Crippen LogP contribution in [0.3, 0.4) is 0 Å². The van der Waals surface area contributed by atoms with Gasteiger partial charge in [0.2, 0.25) is 5.88 Å². The van der Waals surface area contributed by atoms with Gasteiger partial charge in [0.05, 0.1) is 24.2 Å². The van der Waals surface area contributed by atoms with Crippen molar-refractivity contribution in [3.05, 3.63) is 18.6 Å². The fourth-order valence-electron chi connectivity index (χ4n) is 3.16. The molecule has 2 fully saturated rings. The zero-order chi connectivity index (χ0) is 16.3. The maximum absolute atomic E-state index is 11.6. The van der Waals surface area contributed by atoms with Crippen LogP contribution in [0.5, 0.6) is 5.88 Å². The van der Waals surface area contributed by atoms with Crippen molar-refractivity contribution in [2.45, 2.75) is 31.5 Å². The molecule has 0 aromatic carbocycles. The Morgan fingerprint density at radius 3 is 2.96 bits per heavy atom. The molecule has 0 bridgehead atoms. The molecule has 1 atom stereocenters. The Hall–Kier alpha value is -1.25. The van der Waals surface area contributed by atoms with Gasteiger partial charge < -0.3 is 9.47 Å². The molecule has 2 aliphatic rings. The molecule has 128 valence electrons. The highest BCUT2D eigenvalue weighted by Crippen LogP contribution is 2.35. The van der Waals surface area contributed by atoms with Crippen LogP contribution in [0.4, 0.5) is 0 Å². The van der Waals surface area contributed by atoms with Gasteiger partial charge in [-0.05, 0) is 0 Å². The van der Waals surface area contributed by atoms with Gasteiger partial charge in [0.15, 0.2) is 9.84 Å². The molecule has 0 unspecified atom stereocenters. The molecule has 8 heteroatoms. The van der Waals surface area contributed by atoms with Gasteiger partial charge in [0.1, 0.15) is 6.10 Å². The van der Waals surface area contributed by atoms with E-state index in [9.17, 15) is 8.42 Å². The van der Waals surface area contributed by atoms with Crippen LogP contribution in [0.1, 0.15) is 19.8 Å². The predicted molar refractivity (Wildman–Crippen MR) is 85.1 cm³/mol. The minimum atomic E-state index is -2.91. The molecule has 0 amide bonds. The van der Waals surface area contributed by atoms with Gasteiger partial charge in [-0.25, -0.2) is 13.4 Å². The van der Waals surface area contributed by atoms with Crippen molar-refractivity contribution >= 4 is 9.84 Å². The summed E-state index contributed by atoms with van der Waals surface area (Å²) in [5, 5.41) is 0. The van der Waals surface area contributed by atoms with Crippen molar-refractivity contribution in [3.8, 4) is 5.88 Å². The van der Waals surface area contributed by atoms with E-state index in [4.69, 9.17) is 9.47 Å². The first-order valence-corrected chi connectivity index (χ1v) is 9.82. The number of ether oxygens (including phenoxy) is 2. The molecule has 0 aliphatic carbocycles. The van der Waals surface area contributed by atoms with Crippen LogP contribution in [-0.2, 0) is 14.6 Å². The Bertz CT molecular complexity index is 617. The highest BCUT2D eigenvalue weighted by atomic mass is 32.2. The summed E-state index contributed by atoms with van der Waals surface area (Å²) in [5.41, 5.74) is -0.193. The quantitative estimate of drug-likeness (QED) is 0.746. The molecular weight excluding hydrogens is 318 g/mol. The summed E-state index contributed by atoms with van der Waals surface area (Å²) >= 11 is 0. The molecule has 23 heavy (non-hydrogen) atoms. The summed E-state index contributed by atoms with van der Waals surface area (Å²) in [6, 6.07) is 0. The minimum absolute atomic E-state index is 0.0713. The molecule has 1 aromatic heterocycles. The average molecular weight is 341 g/mol. The summed E-state index contributed by atoms with van der Waals surface area (Å²) in [6.07, 6.45) is 6.56. The molecule has 2 saturated heterocycles. The normalized spacial score (nSPS) is 24.3. The lowest BCUT2D eigenvalue weighted by Crippen LogP contribution is -2.66. The number of rotatable bonds is 6. The van der Waals surface area contributed by atoms with Crippen molar-refractivity contribution in [3.63, 3.8) is 0 Å². The van der Waals surface area contributed by atoms with Gasteiger partial charge in [-0.1, -0.05) is 6.92 Å². The number of hydrogen-bond acceptors (Lipinski definition) is 7. The highest BCUT2D eigenvalue weighted by Gasteiger charge is 2.48. The fraction of sp³-hybridized carbons (Fsp3) is 0.733. The third-order valence-electron chi connectivity index (χ3n) is 4.46. The number of sulfone groups is 1. The topological polar surface area (TPSA) is 81.6 Å². The maximum Gasteiger partial charge on any atom is 0.232 e. The van der Waals surface area contributed by atoms with Crippen LogP contribution >= 0.6 is 0 Å². The van der Waals surface area contributed by atoms with E-state index in [1.54, 1.807) is 25.5 Å². The molecule has 0 saturated carbocycles. The Balaban J connectivity index is 1.48. The van der Waals surface area contributed by atoms with Crippen molar-refractivity contribution in [2.75, 3.05) is 37.7 Å². The summed E-state index contributed by atoms with van der Waals surface area (Å²) < 4.78 is 35.0. The van der Waals surface area contributed by atoms with E-state index in [0.717, 1.165) is 25.9 Å². The first-order valence-electron chi connectivity index (χ1n) is 8.00. The molecule has 2 aliphatic heterocycles. The standard InChI is InChI=1S/C15H23N3O4S/c1-2-23(19,20)8-6-18-11-15(12-18)9-13(3-7-21-15)22-14-10-16-4-5-17-14/h4-5,10,13H,2-3,6-9,11-12H2,1H3/t13-/m1/s1. The zero-order valence-electron chi connectivity index (χ0n) is 13.3. The molecule has 3 rings (SSSR count). The van der Waals surface area contributed by atoms with Crippen LogP contribution in [-0.4, -0.2) is 72.7 Å². The lowest BCUT2D eigenvalue weighted by molar-refractivity contribution is -0.184. The first kappa shape index (κ1) is 16.6. The van der Waals surface area contributed by atoms with Crippen molar-refractivity contribution in [1.82, 2.24) is 14.9 Å². The lowest BCUT2D eigenvalue weighted by Gasteiger charge is -2.53. The molecule has 0 radical (unpaired) electrons. The summed E-state index contributed by atoms with van der Waals surface area (Å²) in [7, 11) is -2.91. The zero-order valence-corrected chi connectivity index (χ0v) is 14.2. The smallest absolute Gasteiger partial charge is 0.232 e. The van der Waals surface area contributed by atoms with E-state index in [0.29, 0.717) is 19.0 Å². The van der Waals surface area contributed by atoms with Gasteiger partial charge in [-0.3, -0.25) is 9.88 Å². The van der Waals surface area contributed by atoms with Crippen LogP contribution < -0.4 is 4.74 Å². The molecular formula is C15H23N3O4S. The summed E-state index contributed by atoms with van der Waals surface area (Å²) in [5.74, 6) is 0.968. The van der Waals surface area contributed by atoms with E-state index in [1.807, 2.05) is 0 Å². The van der Waals surface area contributed by atoms with Crippen LogP contribution in [0, 0.1) is 0 Å². The summed E-state index contributed by atoms with van der Waals surface area (Å²) in [6.45, 7) is 4.47.